The second kappa shape index (κ2) is 5.48. The van der Waals surface area contributed by atoms with Gasteiger partial charge in [0.05, 0.1) is 6.61 Å². The summed E-state index contributed by atoms with van der Waals surface area (Å²) >= 11 is 0. The lowest BCUT2D eigenvalue weighted by molar-refractivity contribution is 0.287. The van der Waals surface area contributed by atoms with Gasteiger partial charge in [-0.15, -0.1) is 0 Å². The fraction of sp³-hybridized carbons (Fsp3) is 0.333. The van der Waals surface area contributed by atoms with Crippen LogP contribution in [0.1, 0.15) is 36.0 Å². The smallest absolute Gasteiger partial charge is 0.119 e. The molecular formula is C18H20O. The van der Waals surface area contributed by atoms with Crippen molar-refractivity contribution < 1.29 is 4.74 Å². The Labute approximate surface area is 115 Å². The minimum absolute atomic E-state index is 0.557. The van der Waals surface area contributed by atoms with E-state index in [1.807, 2.05) is 0 Å². The van der Waals surface area contributed by atoms with Crippen molar-refractivity contribution in [2.75, 3.05) is 6.61 Å². The monoisotopic (exact) mass is 252 g/mol. The first kappa shape index (κ1) is 12.3. The highest BCUT2D eigenvalue weighted by molar-refractivity contribution is 5.35. The SMILES string of the molecule is CCc1cccc(OCC2CCc3ccccc32)c1. The molecule has 0 spiro atoms. The third kappa shape index (κ3) is 2.65. The van der Waals surface area contributed by atoms with Crippen LogP contribution in [0, 0.1) is 0 Å². The predicted molar refractivity (Wildman–Crippen MR) is 78.8 cm³/mol. The normalized spacial score (nSPS) is 17.2. The summed E-state index contributed by atoms with van der Waals surface area (Å²) in [5, 5.41) is 0. The molecule has 3 rings (SSSR count). The van der Waals surface area contributed by atoms with Crippen LogP contribution in [-0.4, -0.2) is 6.61 Å². The van der Waals surface area contributed by atoms with Gasteiger partial charge in [-0.2, -0.15) is 0 Å². The molecule has 1 aliphatic rings. The van der Waals surface area contributed by atoms with Gasteiger partial charge in [0.15, 0.2) is 0 Å². The lowest BCUT2D eigenvalue weighted by Crippen LogP contribution is -2.07. The third-order valence-electron chi connectivity index (χ3n) is 4.01. The summed E-state index contributed by atoms with van der Waals surface area (Å²) in [7, 11) is 0. The Balaban J connectivity index is 1.67. The molecule has 1 atom stereocenters. The van der Waals surface area contributed by atoms with Gasteiger partial charge in [-0.3, -0.25) is 0 Å². The Kier molecular flexibility index (Phi) is 3.54. The van der Waals surface area contributed by atoms with E-state index in [4.69, 9.17) is 4.74 Å². The number of rotatable bonds is 4. The third-order valence-corrected chi connectivity index (χ3v) is 4.01. The standard InChI is InChI=1S/C18H20O/c1-2-14-6-5-8-17(12-14)19-13-16-11-10-15-7-3-4-9-18(15)16/h3-9,12,16H,2,10-11,13H2,1H3. The summed E-state index contributed by atoms with van der Waals surface area (Å²) in [6, 6.07) is 17.2. The fourth-order valence-corrected chi connectivity index (χ4v) is 2.87. The average Bonchev–Trinajstić information content (AvgIpc) is 2.89. The fourth-order valence-electron chi connectivity index (χ4n) is 2.87. The molecule has 2 aromatic carbocycles. The van der Waals surface area contributed by atoms with E-state index in [-0.39, 0.29) is 0 Å². The van der Waals surface area contributed by atoms with Crippen molar-refractivity contribution in [3.63, 3.8) is 0 Å². The Morgan fingerprint density at radius 1 is 1.11 bits per heavy atom. The first-order chi connectivity index (χ1) is 9.36. The van der Waals surface area contributed by atoms with Gasteiger partial charge in [0.1, 0.15) is 5.75 Å². The van der Waals surface area contributed by atoms with Crippen molar-refractivity contribution in [1.29, 1.82) is 0 Å². The Bertz CT molecular complexity index is 559. The summed E-state index contributed by atoms with van der Waals surface area (Å²) in [6.07, 6.45) is 3.47. The number of hydrogen-bond acceptors (Lipinski definition) is 1. The van der Waals surface area contributed by atoms with E-state index in [2.05, 4.69) is 55.5 Å². The van der Waals surface area contributed by atoms with Crippen molar-refractivity contribution in [2.45, 2.75) is 32.1 Å². The first-order valence-electron chi connectivity index (χ1n) is 7.16. The van der Waals surface area contributed by atoms with Crippen molar-refractivity contribution in [1.82, 2.24) is 0 Å². The molecule has 0 aliphatic heterocycles. The lowest BCUT2D eigenvalue weighted by atomic mass is 10.0. The van der Waals surface area contributed by atoms with Crippen LogP contribution in [0.25, 0.3) is 0 Å². The second-order valence-electron chi connectivity index (χ2n) is 5.25. The molecule has 0 N–H and O–H groups in total. The number of benzene rings is 2. The molecule has 1 heteroatoms. The van der Waals surface area contributed by atoms with Crippen LogP contribution in [0.5, 0.6) is 5.75 Å². The van der Waals surface area contributed by atoms with Crippen molar-refractivity contribution in [3.8, 4) is 5.75 Å². The summed E-state index contributed by atoms with van der Waals surface area (Å²) in [6.45, 7) is 2.97. The topological polar surface area (TPSA) is 9.23 Å². The molecule has 0 saturated carbocycles. The van der Waals surface area contributed by atoms with Crippen LogP contribution in [-0.2, 0) is 12.8 Å². The zero-order chi connectivity index (χ0) is 13.1. The summed E-state index contributed by atoms with van der Waals surface area (Å²) in [4.78, 5) is 0. The van der Waals surface area contributed by atoms with Crippen LogP contribution < -0.4 is 4.74 Å². The van der Waals surface area contributed by atoms with Crippen molar-refractivity contribution in [2.24, 2.45) is 0 Å². The quantitative estimate of drug-likeness (QED) is 0.785. The highest BCUT2D eigenvalue weighted by Gasteiger charge is 2.22. The minimum Gasteiger partial charge on any atom is -0.493 e. The molecule has 1 aliphatic carbocycles. The summed E-state index contributed by atoms with van der Waals surface area (Å²) in [5.41, 5.74) is 4.32. The largest absolute Gasteiger partial charge is 0.493 e. The second-order valence-corrected chi connectivity index (χ2v) is 5.25. The summed E-state index contributed by atoms with van der Waals surface area (Å²) in [5.74, 6) is 1.56. The number of ether oxygens (including phenoxy) is 1. The van der Waals surface area contributed by atoms with Gasteiger partial charge in [0, 0.05) is 5.92 Å². The van der Waals surface area contributed by atoms with Crippen molar-refractivity contribution >= 4 is 0 Å². The van der Waals surface area contributed by atoms with E-state index in [1.54, 1.807) is 0 Å². The number of fused-ring (bicyclic) bond motifs is 1. The van der Waals surface area contributed by atoms with E-state index in [1.165, 1.54) is 29.5 Å². The van der Waals surface area contributed by atoms with Crippen LogP contribution in [0.3, 0.4) is 0 Å². The van der Waals surface area contributed by atoms with Gasteiger partial charge >= 0.3 is 0 Å². The van der Waals surface area contributed by atoms with E-state index in [0.29, 0.717) is 5.92 Å². The van der Waals surface area contributed by atoms with E-state index in [0.717, 1.165) is 18.8 Å². The molecule has 0 aromatic heterocycles. The maximum Gasteiger partial charge on any atom is 0.119 e. The summed E-state index contributed by atoms with van der Waals surface area (Å²) < 4.78 is 5.99. The van der Waals surface area contributed by atoms with Gasteiger partial charge in [-0.05, 0) is 48.1 Å². The molecule has 2 aromatic rings. The molecule has 0 amide bonds. The minimum atomic E-state index is 0.557. The first-order valence-corrected chi connectivity index (χ1v) is 7.16. The Morgan fingerprint density at radius 2 is 2.00 bits per heavy atom. The van der Waals surface area contributed by atoms with Crippen LogP contribution >= 0.6 is 0 Å². The lowest BCUT2D eigenvalue weighted by Gasteiger charge is -2.13. The molecule has 98 valence electrons. The molecule has 1 unspecified atom stereocenters. The van der Waals surface area contributed by atoms with E-state index < -0.39 is 0 Å². The van der Waals surface area contributed by atoms with Gasteiger partial charge in [0.2, 0.25) is 0 Å². The van der Waals surface area contributed by atoms with Crippen LogP contribution in [0.4, 0.5) is 0 Å². The van der Waals surface area contributed by atoms with Crippen LogP contribution in [0.2, 0.25) is 0 Å². The predicted octanol–water partition coefficient (Wildman–Crippen LogP) is 4.36. The maximum absolute atomic E-state index is 5.99. The average molecular weight is 252 g/mol. The molecule has 1 nitrogen and oxygen atoms in total. The van der Waals surface area contributed by atoms with Crippen molar-refractivity contribution in [3.05, 3.63) is 65.2 Å². The zero-order valence-corrected chi connectivity index (χ0v) is 11.4. The van der Waals surface area contributed by atoms with Gasteiger partial charge < -0.3 is 4.74 Å². The highest BCUT2D eigenvalue weighted by Crippen LogP contribution is 2.33. The molecule has 0 radical (unpaired) electrons. The zero-order valence-electron chi connectivity index (χ0n) is 11.4. The Morgan fingerprint density at radius 3 is 2.89 bits per heavy atom. The highest BCUT2D eigenvalue weighted by atomic mass is 16.5. The maximum atomic E-state index is 5.99. The van der Waals surface area contributed by atoms with Gasteiger partial charge in [0.25, 0.3) is 0 Å². The molecule has 0 saturated heterocycles. The van der Waals surface area contributed by atoms with Crippen LogP contribution in [0.15, 0.2) is 48.5 Å². The molecule has 0 bridgehead atoms. The molecular weight excluding hydrogens is 232 g/mol. The molecule has 0 fully saturated rings. The number of aryl methyl sites for hydroxylation is 2. The van der Waals surface area contributed by atoms with E-state index in [9.17, 15) is 0 Å². The Hall–Kier alpha value is -1.76. The van der Waals surface area contributed by atoms with E-state index >= 15 is 0 Å². The van der Waals surface area contributed by atoms with Gasteiger partial charge in [-0.25, -0.2) is 0 Å². The van der Waals surface area contributed by atoms with Gasteiger partial charge in [-0.1, -0.05) is 43.3 Å². The number of hydrogen-bond donors (Lipinski definition) is 0. The molecule has 19 heavy (non-hydrogen) atoms. The molecule has 0 heterocycles.